The van der Waals surface area contributed by atoms with Gasteiger partial charge in [0.15, 0.2) is 0 Å². The molecule has 0 aliphatic rings. The first-order valence-electron chi connectivity index (χ1n) is 6.97. The molecule has 0 fully saturated rings. The molecule has 0 bridgehead atoms. The van der Waals surface area contributed by atoms with Crippen LogP contribution in [0.15, 0.2) is 35.2 Å². The first-order chi connectivity index (χ1) is 9.95. The fraction of sp³-hybridized carbons (Fsp3) is 0.400. The van der Waals surface area contributed by atoms with Gasteiger partial charge in [-0.05, 0) is 50.6 Å². The second-order valence-corrected chi connectivity index (χ2v) is 6.72. The maximum atomic E-state index is 12.5. The highest BCUT2D eigenvalue weighted by molar-refractivity contribution is 7.89. The highest BCUT2D eigenvalue weighted by Crippen LogP contribution is 2.19. The zero-order chi connectivity index (χ0) is 15.5. The van der Waals surface area contributed by atoms with E-state index in [1.165, 1.54) is 0 Å². The van der Waals surface area contributed by atoms with Gasteiger partial charge in [0, 0.05) is 0 Å². The van der Waals surface area contributed by atoms with Crippen LogP contribution in [0.2, 0.25) is 0 Å². The summed E-state index contributed by atoms with van der Waals surface area (Å²) in [4.78, 5) is 0.205. The smallest absolute Gasteiger partial charge is 0.283 e. The summed E-state index contributed by atoms with van der Waals surface area (Å²) in [6.07, 6.45) is 2.04. The van der Waals surface area contributed by atoms with Gasteiger partial charge < -0.3 is 4.74 Å². The molecule has 1 heterocycles. The Balaban J connectivity index is 2.23. The third kappa shape index (κ3) is 3.44. The van der Waals surface area contributed by atoms with Crippen LogP contribution in [0.5, 0.6) is 5.75 Å². The molecule has 6 heteroatoms. The van der Waals surface area contributed by atoms with Gasteiger partial charge in [-0.25, -0.2) is 0 Å². The Hall–Kier alpha value is -1.82. The minimum Gasteiger partial charge on any atom is -0.494 e. The molecule has 0 aliphatic carbocycles. The summed E-state index contributed by atoms with van der Waals surface area (Å²) in [7, 11) is -3.64. The molecule has 0 atom stereocenters. The number of ether oxygens (including phenoxy) is 1. The standard InChI is InChI=1S/C15H20N2O3S/c1-4-5-10-20-14-6-8-15(9-7-14)21(18,19)17-13(3)11-12(2)16-17/h6-9,11H,4-5,10H2,1-3H3. The first-order valence-corrected chi connectivity index (χ1v) is 8.41. The van der Waals surface area contributed by atoms with E-state index < -0.39 is 10.0 Å². The molecular weight excluding hydrogens is 288 g/mol. The van der Waals surface area contributed by atoms with Gasteiger partial charge in [0.2, 0.25) is 0 Å². The zero-order valence-electron chi connectivity index (χ0n) is 12.5. The van der Waals surface area contributed by atoms with E-state index >= 15 is 0 Å². The van der Waals surface area contributed by atoms with Crippen molar-refractivity contribution in [1.29, 1.82) is 0 Å². The van der Waals surface area contributed by atoms with Crippen molar-refractivity contribution in [2.24, 2.45) is 0 Å². The Bertz CT molecular complexity index is 703. The second-order valence-electron chi connectivity index (χ2n) is 4.95. The fourth-order valence-electron chi connectivity index (χ4n) is 1.99. The van der Waals surface area contributed by atoms with Gasteiger partial charge in [0.05, 0.1) is 22.9 Å². The van der Waals surface area contributed by atoms with Crippen molar-refractivity contribution in [3.05, 3.63) is 41.7 Å². The van der Waals surface area contributed by atoms with Crippen LogP contribution in [0.1, 0.15) is 31.2 Å². The molecule has 0 spiro atoms. The van der Waals surface area contributed by atoms with Gasteiger partial charge in [-0.1, -0.05) is 13.3 Å². The van der Waals surface area contributed by atoms with Crippen molar-refractivity contribution < 1.29 is 13.2 Å². The summed E-state index contributed by atoms with van der Waals surface area (Å²) in [6, 6.07) is 8.18. The van der Waals surface area contributed by atoms with Crippen LogP contribution in [0.25, 0.3) is 0 Å². The predicted molar refractivity (Wildman–Crippen MR) is 81.1 cm³/mol. The molecule has 0 unspecified atom stereocenters. The van der Waals surface area contributed by atoms with Crippen LogP contribution in [-0.2, 0) is 10.0 Å². The summed E-state index contributed by atoms with van der Waals surface area (Å²) < 4.78 is 31.6. The van der Waals surface area contributed by atoms with Gasteiger partial charge in [0.1, 0.15) is 5.75 Å². The molecule has 0 radical (unpaired) electrons. The maximum absolute atomic E-state index is 12.5. The number of aryl methyl sites for hydroxylation is 2. The third-order valence-electron chi connectivity index (χ3n) is 3.08. The minimum absolute atomic E-state index is 0.205. The van der Waals surface area contributed by atoms with E-state index in [2.05, 4.69) is 12.0 Å². The molecule has 0 aliphatic heterocycles. The maximum Gasteiger partial charge on any atom is 0.283 e. The van der Waals surface area contributed by atoms with Crippen LogP contribution < -0.4 is 4.74 Å². The van der Waals surface area contributed by atoms with E-state index in [0.717, 1.165) is 16.9 Å². The van der Waals surface area contributed by atoms with Crippen LogP contribution in [-0.4, -0.2) is 24.2 Å². The third-order valence-corrected chi connectivity index (χ3v) is 4.78. The highest BCUT2D eigenvalue weighted by atomic mass is 32.2. The van der Waals surface area contributed by atoms with E-state index in [9.17, 15) is 8.42 Å². The van der Waals surface area contributed by atoms with Crippen molar-refractivity contribution in [1.82, 2.24) is 9.19 Å². The van der Waals surface area contributed by atoms with Crippen LogP contribution in [0.4, 0.5) is 0 Å². The molecule has 0 amide bonds. The Morgan fingerprint density at radius 1 is 1.19 bits per heavy atom. The van der Waals surface area contributed by atoms with Crippen molar-refractivity contribution in [3.63, 3.8) is 0 Å². The number of hydrogen-bond donors (Lipinski definition) is 0. The summed E-state index contributed by atoms with van der Waals surface area (Å²) in [5.41, 5.74) is 1.27. The molecule has 0 saturated carbocycles. The monoisotopic (exact) mass is 308 g/mol. The van der Waals surface area contributed by atoms with Gasteiger partial charge >= 0.3 is 0 Å². The van der Waals surface area contributed by atoms with Crippen molar-refractivity contribution in [2.45, 2.75) is 38.5 Å². The summed E-state index contributed by atoms with van der Waals surface area (Å²) >= 11 is 0. The SMILES string of the molecule is CCCCOc1ccc(S(=O)(=O)n2nc(C)cc2C)cc1. The van der Waals surface area contributed by atoms with Crippen molar-refractivity contribution in [3.8, 4) is 5.75 Å². The minimum atomic E-state index is -3.64. The van der Waals surface area contributed by atoms with E-state index in [0.29, 0.717) is 23.7 Å². The molecule has 114 valence electrons. The lowest BCUT2D eigenvalue weighted by Gasteiger charge is -2.08. The Kier molecular flexibility index (Phi) is 4.67. The summed E-state index contributed by atoms with van der Waals surface area (Å²) in [5.74, 6) is 0.677. The van der Waals surface area contributed by atoms with Crippen molar-refractivity contribution in [2.75, 3.05) is 6.61 Å². The number of aromatic nitrogens is 2. The lowest BCUT2D eigenvalue weighted by Crippen LogP contribution is -2.16. The average molecular weight is 308 g/mol. The largest absolute Gasteiger partial charge is 0.494 e. The molecular formula is C15H20N2O3S. The lowest BCUT2D eigenvalue weighted by atomic mass is 10.3. The summed E-state index contributed by atoms with van der Waals surface area (Å²) in [6.45, 7) is 6.22. The number of unbranched alkanes of at least 4 members (excludes halogenated alkanes) is 1. The molecule has 2 aromatic rings. The predicted octanol–water partition coefficient (Wildman–Crippen LogP) is 2.92. The summed E-state index contributed by atoms with van der Waals surface area (Å²) in [5, 5.41) is 4.04. The number of benzene rings is 1. The topological polar surface area (TPSA) is 61.2 Å². The van der Waals surface area contributed by atoms with Gasteiger partial charge in [-0.2, -0.15) is 17.6 Å². The number of hydrogen-bond acceptors (Lipinski definition) is 4. The highest BCUT2D eigenvalue weighted by Gasteiger charge is 2.20. The van der Waals surface area contributed by atoms with Gasteiger partial charge in [-0.3, -0.25) is 0 Å². The van der Waals surface area contributed by atoms with E-state index in [-0.39, 0.29) is 4.90 Å². The van der Waals surface area contributed by atoms with E-state index in [1.54, 1.807) is 44.2 Å². The lowest BCUT2D eigenvalue weighted by molar-refractivity contribution is 0.309. The van der Waals surface area contributed by atoms with Crippen LogP contribution in [0, 0.1) is 13.8 Å². The Labute approximate surface area is 125 Å². The zero-order valence-corrected chi connectivity index (χ0v) is 13.4. The molecule has 1 aromatic heterocycles. The Morgan fingerprint density at radius 2 is 1.86 bits per heavy atom. The number of rotatable bonds is 6. The van der Waals surface area contributed by atoms with Crippen molar-refractivity contribution >= 4 is 10.0 Å². The van der Waals surface area contributed by atoms with Crippen LogP contribution in [0.3, 0.4) is 0 Å². The van der Waals surface area contributed by atoms with Crippen LogP contribution >= 0.6 is 0 Å². The second kappa shape index (κ2) is 6.30. The number of nitrogens with zero attached hydrogens (tertiary/aromatic N) is 2. The quantitative estimate of drug-likeness (QED) is 0.770. The van der Waals surface area contributed by atoms with E-state index in [1.807, 2.05) is 0 Å². The molecule has 5 nitrogen and oxygen atoms in total. The molecule has 0 saturated heterocycles. The molecule has 21 heavy (non-hydrogen) atoms. The average Bonchev–Trinajstić information content (AvgIpc) is 2.79. The fourth-order valence-corrected chi connectivity index (χ4v) is 3.34. The van der Waals surface area contributed by atoms with Gasteiger partial charge in [-0.15, -0.1) is 0 Å². The Morgan fingerprint density at radius 3 is 2.38 bits per heavy atom. The molecule has 2 rings (SSSR count). The molecule has 1 aromatic carbocycles. The van der Waals surface area contributed by atoms with E-state index in [4.69, 9.17) is 4.74 Å². The molecule has 0 N–H and O–H groups in total. The van der Waals surface area contributed by atoms with Gasteiger partial charge in [0.25, 0.3) is 10.0 Å². The normalized spacial score (nSPS) is 11.6. The first kappa shape index (κ1) is 15.6.